The first-order chi connectivity index (χ1) is 12.7. The molecule has 0 N–H and O–H groups in total. The Hall–Kier alpha value is 3.58. The van der Waals surface area contributed by atoms with Crippen LogP contribution >= 0.6 is 94.1 Å². The summed E-state index contributed by atoms with van der Waals surface area (Å²) < 4.78 is 16.0. The minimum absolute atomic E-state index is 0.638. The molecule has 0 saturated heterocycles. The Morgan fingerprint density at radius 2 is 0.538 bits per heavy atom. The second-order valence-corrected chi connectivity index (χ2v) is 23.4. The predicted molar refractivity (Wildman–Crippen MR) is 142 cm³/mol. The van der Waals surface area contributed by atoms with Crippen molar-refractivity contribution in [3.05, 3.63) is 40.6 Å². The molecule has 12 heteroatoms. The van der Waals surface area contributed by atoms with E-state index < -0.39 is 0 Å². The zero-order chi connectivity index (χ0) is 18.3. The van der Waals surface area contributed by atoms with Gasteiger partial charge in [0, 0.05) is 0 Å². The van der Waals surface area contributed by atoms with Gasteiger partial charge < -0.3 is 0 Å². The van der Waals surface area contributed by atoms with Crippen LogP contribution in [0.2, 0.25) is 23.3 Å². The number of hydrogen-bond acceptors (Lipinski definition) is 8. The number of hydrogen-bond donors (Lipinski definition) is 0. The molecule has 4 rings (SSSR count). The molecule has 4 aliphatic rings. The Balaban J connectivity index is 1.44. The van der Waals surface area contributed by atoms with Crippen LogP contribution < -0.4 is 0 Å². The van der Waals surface area contributed by atoms with E-state index in [1.807, 2.05) is 47.0 Å². The van der Waals surface area contributed by atoms with E-state index in [1.54, 1.807) is 23.7 Å². The van der Waals surface area contributed by atoms with Gasteiger partial charge in [0.15, 0.2) is 0 Å². The van der Waals surface area contributed by atoms with Gasteiger partial charge in [-0.15, -0.1) is 0 Å². The molecule has 0 atom stereocenters. The molecule has 0 nitrogen and oxygen atoms in total. The molecule has 140 valence electrons. The molecule has 0 amide bonds. The van der Waals surface area contributed by atoms with Crippen molar-refractivity contribution in [3.63, 3.8) is 0 Å². The number of rotatable bonds is 4. The third-order valence-corrected chi connectivity index (χ3v) is 27.0. The molecule has 26 heavy (non-hydrogen) atoms. The summed E-state index contributed by atoms with van der Waals surface area (Å²) in [6.07, 6.45) is 0. The van der Waals surface area contributed by atoms with Crippen molar-refractivity contribution in [2.45, 2.75) is 23.3 Å². The summed E-state index contributed by atoms with van der Waals surface area (Å²) in [5, 5.41) is 0. The average Bonchev–Trinajstić information content (AvgIpc) is 3.39. The first kappa shape index (κ1) is 22.8. The summed E-state index contributed by atoms with van der Waals surface area (Å²) in [5.41, 5.74) is 0. The van der Waals surface area contributed by atoms with Crippen LogP contribution in [-0.4, -0.2) is 59.8 Å². The predicted octanol–water partition coefficient (Wildman–Crippen LogP) is 7.55. The molecule has 0 radical (unpaired) electrons. The molecule has 0 aromatic heterocycles. The van der Waals surface area contributed by atoms with Gasteiger partial charge in [-0.25, -0.2) is 0 Å². The molecular weight excluding hydrogens is 741 g/mol. The quantitative estimate of drug-likeness (QED) is 0.267. The summed E-state index contributed by atoms with van der Waals surface area (Å²) in [7, 11) is 0. The van der Waals surface area contributed by atoms with Gasteiger partial charge in [-0.1, -0.05) is 0 Å². The zero-order valence-electron chi connectivity index (χ0n) is 13.9. The first-order valence-electron chi connectivity index (χ1n) is 6.97. The van der Waals surface area contributed by atoms with Crippen LogP contribution in [0.5, 0.6) is 0 Å². The van der Waals surface area contributed by atoms with Crippen molar-refractivity contribution in [1.29, 1.82) is 0 Å². The second-order valence-electron chi connectivity index (χ2n) is 4.51. The van der Waals surface area contributed by atoms with Crippen LogP contribution in [0.3, 0.4) is 0 Å². The van der Waals surface area contributed by atoms with Crippen LogP contribution in [0.1, 0.15) is 0 Å². The maximum absolute atomic E-state index is 2.36. The van der Waals surface area contributed by atoms with Gasteiger partial charge in [0.05, 0.1) is 0 Å². The Labute approximate surface area is 214 Å². The van der Waals surface area contributed by atoms with Gasteiger partial charge in [-0.3, -0.25) is 0 Å². The Morgan fingerprint density at radius 1 is 0.346 bits per heavy atom. The van der Waals surface area contributed by atoms with Crippen molar-refractivity contribution in [1.82, 2.24) is 0 Å². The molecule has 4 aliphatic heterocycles. The topological polar surface area (TPSA) is 0 Å². The van der Waals surface area contributed by atoms with Gasteiger partial charge in [-0.05, 0) is 0 Å². The van der Waals surface area contributed by atoms with Gasteiger partial charge in [-0.2, -0.15) is 0 Å². The van der Waals surface area contributed by atoms with Gasteiger partial charge in [0.1, 0.15) is 0 Å². The van der Waals surface area contributed by atoms with Gasteiger partial charge >= 0.3 is 218 Å². The van der Waals surface area contributed by atoms with Crippen molar-refractivity contribution in [3.8, 4) is 0 Å². The minimum atomic E-state index is 0.638. The van der Waals surface area contributed by atoms with E-state index in [1.165, 1.54) is 16.9 Å². The molecule has 0 aromatic rings. The molecule has 0 aromatic carbocycles. The maximum atomic E-state index is 2.36. The summed E-state index contributed by atoms with van der Waals surface area (Å²) in [6.45, 7) is 0. The second kappa shape index (κ2) is 10.5. The standard InChI is InChI=1S/C14H12S8Se4/c1-23-11-12(24-2)20-9(19-11)7-15-5-6(16-7)18-8(17-5)10-21-13(25-3)14(22-10)26-4/h1-4H3. The van der Waals surface area contributed by atoms with E-state index in [9.17, 15) is 0 Å². The van der Waals surface area contributed by atoms with E-state index >= 15 is 0 Å². The third kappa shape index (κ3) is 4.82. The van der Waals surface area contributed by atoms with Crippen LogP contribution in [0.4, 0.5) is 0 Å². The molecule has 0 fully saturated rings. The molecule has 0 saturated carbocycles. The average molecular weight is 753 g/mol. The van der Waals surface area contributed by atoms with Crippen LogP contribution in [0, 0.1) is 0 Å². The van der Waals surface area contributed by atoms with E-state index in [-0.39, 0.29) is 0 Å². The fourth-order valence-electron chi connectivity index (χ4n) is 1.97. The molecule has 0 unspecified atom stereocenters. The normalized spacial score (nSPS) is 23.5. The zero-order valence-corrected chi connectivity index (χ0v) is 27.3. The van der Waals surface area contributed by atoms with E-state index in [0.717, 1.165) is 0 Å². The molecule has 0 spiro atoms. The Bertz CT molecular complexity index is 688. The molecule has 0 bridgehead atoms. The van der Waals surface area contributed by atoms with Crippen molar-refractivity contribution in [2.75, 3.05) is 0 Å². The van der Waals surface area contributed by atoms with Crippen LogP contribution in [0.15, 0.2) is 40.6 Å². The van der Waals surface area contributed by atoms with Gasteiger partial charge in [0.25, 0.3) is 0 Å². The van der Waals surface area contributed by atoms with Crippen molar-refractivity contribution < 1.29 is 0 Å². The van der Waals surface area contributed by atoms with Crippen LogP contribution in [0.25, 0.3) is 0 Å². The summed E-state index contributed by atoms with van der Waals surface area (Å²) in [4.78, 5) is 0. The SMILES string of the molecule is C[Se]C1=C([Se]C)SC(=C2SC3=C(S2)SC(=C2SC([Se]C)=C([Se]C)S2)S3)S1. The Kier molecular flexibility index (Phi) is 9.16. The fraction of sp³-hybridized carbons (Fsp3) is 0.286. The monoisotopic (exact) mass is 756 g/mol. The molecule has 4 heterocycles. The summed E-state index contributed by atoms with van der Waals surface area (Å²) in [6, 6.07) is 0. The van der Waals surface area contributed by atoms with E-state index in [4.69, 9.17) is 0 Å². The summed E-state index contributed by atoms with van der Waals surface area (Å²) in [5.74, 6) is 9.43. The first-order valence-corrected chi connectivity index (χ1v) is 23.8. The molecular formula is C14H12S8Se4. The summed E-state index contributed by atoms with van der Waals surface area (Å²) >= 11 is 18.9. The number of thioether (sulfide) groups is 8. The van der Waals surface area contributed by atoms with Crippen molar-refractivity contribution >= 4 is 154 Å². The third-order valence-electron chi connectivity index (χ3n) is 3.06. The fourth-order valence-corrected chi connectivity index (χ4v) is 26.6. The Morgan fingerprint density at radius 3 is 0.731 bits per heavy atom. The molecule has 0 aliphatic carbocycles. The van der Waals surface area contributed by atoms with Crippen molar-refractivity contribution in [2.24, 2.45) is 0 Å². The van der Waals surface area contributed by atoms with Crippen LogP contribution in [-0.2, 0) is 0 Å². The van der Waals surface area contributed by atoms with E-state index in [0.29, 0.717) is 59.8 Å². The van der Waals surface area contributed by atoms with Gasteiger partial charge in [0.2, 0.25) is 0 Å². The van der Waals surface area contributed by atoms with E-state index in [2.05, 4.69) is 70.3 Å².